The van der Waals surface area contributed by atoms with Gasteiger partial charge in [0.25, 0.3) is 11.6 Å². The van der Waals surface area contributed by atoms with E-state index in [1.165, 1.54) is 0 Å². The van der Waals surface area contributed by atoms with Gasteiger partial charge in [-0.1, -0.05) is 6.92 Å². The Bertz CT molecular complexity index is 508. The third kappa shape index (κ3) is 3.49. The molecule has 0 spiro atoms. The van der Waals surface area contributed by atoms with E-state index in [9.17, 15) is 29.5 Å². The minimum absolute atomic E-state index is 0.239. The summed E-state index contributed by atoms with van der Waals surface area (Å²) in [5.74, 6) is -1.73. The molecule has 3 N–H and O–H groups in total. The standard InChI is InChI=1S/C12H15FN2O5/c1-2-12(6-16,7-17)14-11(18)8-3-9(13)5-10(4-8)15(19)20/h3-5,16-17H,2,6-7H2,1H3,(H,14,18). The molecule has 0 radical (unpaired) electrons. The summed E-state index contributed by atoms with van der Waals surface area (Å²) in [5, 5.41) is 31.4. The van der Waals surface area contributed by atoms with Crippen LogP contribution in [0.4, 0.5) is 10.1 Å². The van der Waals surface area contributed by atoms with E-state index < -0.39 is 41.1 Å². The number of rotatable bonds is 6. The number of hydrogen-bond donors (Lipinski definition) is 3. The van der Waals surface area contributed by atoms with Crippen LogP contribution in [0, 0.1) is 15.9 Å². The van der Waals surface area contributed by atoms with Crippen LogP contribution >= 0.6 is 0 Å². The normalized spacial score (nSPS) is 11.2. The van der Waals surface area contributed by atoms with Gasteiger partial charge < -0.3 is 15.5 Å². The summed E-state index contributed by atoms with van der Waals surface area (Å²) in [6.45, 7) is 0.618. The molecule has 0 unspecified atom stereocenters. The maximum absolute atomic E-state index is 13.2. The van der Waals surface area contributed by atoms with E-state index in [2.05, 4.69) is 5.32 Å². The predicted octanol–water partition coefficient (Wildman–Crippen LogP) is 0.597. The Hall–Kier alpha value is -2.06. The molecule has 7 nitrogen and oxygen atoms in total. The summed E-state index contributed by atoms with van der Waals surface area (Å²) < 4.78 is 13.2. The molecule has 1 rings (SSSR count). The maximum Gasteiger partial charge on any atom is 0.273 e. The summed E-state index contributed by atoms with van der Waals surface area (Å²) in [7, 11) is 0. The average molecular weight is 286 g/mol. The van der Waals surface area contributed by atoms with E-state index in [1.807, 2.05) is 0 Å². The first kappa shape index (κ1) is 16.0. The molecule has 1 aromatic carbocycles. The fourth-order valence-electron chi connectivity index (χ4n) is 1.56. The molecule has 20 heavy (non-hydrogen) atoms. The van der Waals surface area contributed by atoms with Crippen molar-refractivity contribution >= 4 is 11.6 Å². The summed E-state index contributed by atoms with van der Waals surface area (Å²) >= 11 is 0. The molecule has 1 aromatic rings. The van der Waals surface area contributed by atoms with Crippen LogP contribution in [0.1, 0.15) is 23.7 Å². The molecular weight excluding hydrogens is 271 g/mol. The smallest absolute Gasteiger partial charge is 0.273 e. The molecule has 0 aliphatic heterocycles. The van der Waals surface area contributed by atoms with Crippen molar-refractivity contribution in [1.82, 2.24) is 5.32 Å². The van der Waals surface area contributed by atoms with Crippen LogP contribution < -0.4 is 5.32 Å². The van der Waals surface area contributed by atoms with Crippen molar-refractivity contribution < 1.29 is 24.3 Å². The fourth-order valence-corrected chi connectivity index (χ4v) is 1.56. The summed E-state index contributed by atoms with van der Waals surface area (Å²) in [5.41, 5.74) is -2.06. The Morgan fingerprint density at radius 1 is 1.40 bits per heavy atom. The van der Waals surface area contributed by atoms with Crippen LogP contribution in [0.3, 0.4) is 0 Å². The number of nitrogens with zero attached hydrogens (tertiary/aromatic N) is 1. The molecule has 0 atom stereocenters. The van der Waals surface area contributed by atoms with Gasteiger partial charge in [0, 0.05) is 11.6 Å². The van der Waals surface area contributed by atoms with Crippen LogP contribution in [0.25, 0.3) is 0 Å². The SMILES string of the molecule is CCC(CO)(CO)NC(=O)c1cc(F)cc([N+](=O)[O-])c1. The third-order valence-electron chi connectivity index (χ3n) is 3.02. The van der Waals surface area contributed by atoms with Gasteiger partial charge in [0.15, 0.2) is 0 Å². The molecule has 0 saturated heterocycles. The second kappa shape index (κ2) is 6.40. The van der Waals surface area contributed by atoms with E-state index in [4.69, 9.17) is 0 Å². The van der Waals surface area contributed by atoms with Crippen molar-refractivity contribution in [3.8, 4) is 0 Å². The lowest BCUT2D eigenvalue weighted by molar-refractivity contribution is -0.385. The predicted molar refractivity (Wildman–Crippen MR) is 67.7 cm³/mol. The highest BCUT2D eigenvalue weighted by atomic mass is 19.1. The van der Waals surface area contributed by atoms with Crippen molar-refractivity contribution in [3.05, 3.63) is 39.7 Å². The summed E-state index contributed by atoms with van der Waals surface area (Å²) in [4.78, 5) is 21.7. The zero-order chi connectivity index (χ0) is 15.3. The van der Waals surface area contributed by atoms with E-state index in [0.29, 0.717) is 6.07 Å². The molecule has 0 aliphatic carbocycles. The Kier molecular flexibility index (Phi) is 5.12. The maximum atomic E-state index is 13.2. The van der Waals surface area contributed by atoms with Gasteiger partial charge in [0.05, 0.1) is 29.7 Å². The first-order valence-electron chi connectivity index (χ1n) is 5.86. The molecule has 0 bridgehead atoms. The highest BCUT2D eigenvalue weighted by Crippen LogP contribution is 2.17. The van der Waals surface area contributed by atoms with Gasteiger partial charge in [-0.2, -0.15) is 0 Å². The molecule has 8 heteroatoms. The van der Waals surface area contributed by atoms with Crippen molar-refractivity contribution in [2.24, 2.45) is 0 Å². The lowest BCUT2D eigenvalue weighted by Crippen LogP contribution is -2.53. The average Bonchev–Trinajstić information content (AvgIpc) is 2.44. The molecule has 110 valence electrons. The number of halogens is 1. The Balaban J connectivity index is 3.06. The number of benzene rings is 1. The van der Waals surface area contributed by atoms with Crippen molar-refractivity contribution in [1.29, 1.82) is 0 Å². The zero-order valence-electron chi connectivity index (χ0n) is 10.8. The van der Waals surface area contributed by atoms with Crippen LogP contribution in [0.15, 0.2) is 18.2 Å². The van der Waals surface area contributed by atoms with E-state index in [0.717, 1.165) is 12.1 Å². The number of hydrogen-bond acceptors (Lipinski definition) is 5. The zero-order valence-corrected chi connectivity index (χ0v) is 10.8. The number of carbonyl (C=O) groups excluding carboxylic acids is 1. The van der Waals surface area contributed by atoms with Crippen LogP contribution in [-0.4, -0.2) is 39.8 Å². The Morgan fingerprint density at radius 2 is 2.00 bits per heavy atom. The number of nitrogens with one attached hydrogen (secondary N) is 1. The number of non-ortho nitro benzene ring substituents is 1. The van der Waals surface area contributed by atoms with Gasteiger partial charge in [-0.3, -0.25) is 14.9 Å². The number of nitro groups is 1. The van der Waals surface area contributed by atoms with Gasteiger partial charge in [-0.25, -0.2) is 4.39 Å². The molecule has 1 amide bonds. The highest BCUT2D eigenvalue weighted by molar-refractivity contribution is 5.95. The molecule has 0 fully saturated rings. The Morgan fingerprint density at radius 3 is 2.45 bits per heavy atom. The monoisotopic (exact) mass is 286 g/mol. The highest BCUT2D eigenvalue weighted by Gasteiger charge is 2.29. The van der Waals surface area contributed by atoms with Crippen LogP contribution in [0.2, 0.25) is 0 Å². The van der Waals surface area contributed by atoms with E-state index >= 15 is 0 Å². The van der Waals surface area contributed by atoms with Crippen LogP contribution in [-0.2, 0) is 0 Å². The van der Waals surface area contributed by atoms with Crippen LogP contribution in [0.5, 0.6) is 0 Å². The minimum atomic E-state index is -1.25. The molecular formula is C12H15FN2O5. The van der Waals surface area contributed by atoms with Gasteiger partial charge in [0.2, 0.25) is 0 Å². The van der Waals surface area contributed by atoms with E-state index in [1.54, 1.807) is 6.92 Å². The molecule has 0 aromatic heterocycles. The molecule has 0 heterocycles. The topological polar surface area (TPSA) is 113 Å². The summed E-state index contributed by atoms with van der Waals surface area (Å²) in [6, 6.07) is 2.47. The first-order valence-corrected chi connectivity index (χ1v) is 5.86. The molecule has 0 aliphatic rings. The van der Waals surface area contributed by atoms with Gasteiger partial charge in [-0.05, 0) is 12.5 Å². The van der Waals surface area contributed by atoms with Crippen molar-refractivity contribution in [3.63, 3.8) is 0 Å². The quantitative estimate of drug-likeness (QED) is 0.523. The van der Waals surface area contributed by atoms with E-state index in [-0.39, 0.29) is 12.0 Å². The number of nitro benzene ring substituents is 1. The second-order valence-electron chi connectivity index (χ2n) is 4.36. The van der Waals surface area contributed by atoms with Gasteiger partial charge in [0.1, 0.15) is 5.82 Å². The van der Waals surface area contributed by atoms with Crippen molar-refractivity contribution in [2.75, 3.05) is 13.2 Å². The van der Waals surface area contributed by atoms with Crippen molar-refractivity contribution in [2.45, 2.75) is 18.9 Å². The largest absolute Gasteiger partial charge is 0.394 e. The summed E-state index contributed by atoms with van der Waals surface area (Å²) in [6.07, 6.45) is 0.239. The number of aliphatic hydroxyl groups is 2. The minimum Gasteiger partial charge on any atom is -0.394 e. The lowest BCUT2D eigenvalue weighted by Gasteiger charge is -2.29. The number of carbonyl (C=O) groups is 1. The second-order valence-corrected chi connectivity index (χ2v) is 4.36. The molecule has 0 saturated carbocycles. The fraction of sp³-hybridized carbons (Fsp3) is 0.417. The van der Waals surface area contributed by atoms with Gasteiger partial charge >= 0.3 is 0 Å². The number of aliphatic hydroxyl groups excluding tert-OH is 2. The third-order valence-corrected chi connectivity index (χ3v) is 3.02. The number of amides is 1. The van der Waals surface area contributed by atoms with Gasteiger partial charge in [-0.15, -0.1) is 0 Å². The first-order chi connectivity index (χ1) is 9.37. The Labute approximate surface area is 114 Å². The lowest BCUT2D eigenvalue weighted by atomic mass is 9.97.